The van der Waals surface area contributed by atoms with Crippen LogP contribution in [0.2, 0.25) is 0 Å². The summed E-state index contributed by atoms with van der Waals surface area (Å²) in [6.45, 7) is 0.710. The van der Waals surface area contributed by atoms with E-state index in [9.17, 15) is 4.79 Å². The fraction of sp³-hybridized carbons (Fsp3) is 0.571. The number of carbonyl (C=O) groups is 1. The zero-order chi connectivity index (χ0) is 13.7. The lowest BCUT2D eigenvalue weighted by Crippen LogP contribution is -2.42. The van der Waals surface area contributed by atoms with Gasteiger partial charge in [0.25, 0.3) is 5.91 Å². The average Bonchev–Trinajstić information content (AvgIpc) is 2.46. The van der Waals surface area contributed by atoms with Crippen LogP contribution in [-0.2, 0) is 0 Å². The van der Waals surface area contributed by atoms with Gasteiger partial charge in [-0.15, -0.1) is 0 Å². The molecule has 1 saturated carbocycles. The third kappa shape index (κ3) is 3.41. The van der Waals surface area contributed by atoms with Gasteiger partial charge in [-0.05, 0) is 31.2 Å². The Balaban J connectivity index is 1.98. The summed E-state index contributed by atoms with van der Waals surface area (Å²) in [4.78, 5) is 16.1. The third-order valence-electron chi connectivity index (χ3n) is 3.85. The highest BCUT2D eigenvalue weighted by Crippen LogP contribution is 2.37. The van der Waals surface area contributed by atoms with Gasteiger partial charge in [-0.1, -0.05) is 19.3 Å². The summed E-state index contributed by atoms with van der Waals surface area (Å²) in [5.41, 5.74) is 6.19. The zero-order valence-electron chi connectivity index (χ0n) is 11.3. The summed E-state index contributed by atoms with van der Waals surface area (Å²) in [6.07, 6.45) is 9.91. The summed E-state index contributed by atoms with van der Waals surface area (Å²) in [5, 5.41) is 3.02. The number of anilines is 1. The Labute approximate surface area is 118 Å². The molecule has 19 heavy (non-hydrogen) atoms. The SMILES string of the molecule is CSC1(CNC(=O)c2cccnc2N)CCCCC1. The van der Waals surface area contributed by atoms with Crippen molar-refractivity contribution in [3.05, 3.63) is 23.9 Å². The minimum Gasteiger partial charge on any atom is -0.383 e. The van der Waals surface area contributed by atoms with E-state index in [2.05, 4.69) is 16.6 Å². The van der Waals surface area contributed by atoms with Crippen LogP contribution in [0.4, 0.5) is 5.82 Å². The minimum absolute atomic E-state index is 0.121. The predicted octanol–water partition coefficient (Wildman–Crippen LogP) is 2.46. The number of nitrogen functional groups attached to an aromatic ring is 1. The lowest BCUT2D eigenvalue weighted by molar-refractivity contribution is 0.0947. The average molecular weight is 279 g/mol. The summed E-state index contributed by atoms with van der Waals surface area (Å²) in [6, 6.07) is 3.44. The quantitative estimate of drug-likeness (QED) is 0.888. The molecule has 1 amide bonds. The molecule has 1 aromatic rings. The maximum absolute atomic E-state index is 12.1. The van der Waals surface area contributed by atoms with Crippen molar-refractivity contribution in [1.29, 1.82) is 0 Å². The van der Waals surface area contributed by atoms with Gasteiger partial charge in [-0.3, -0.25) is 4.79 Å². The molecule has 0 spiro atoms. The lowest BCUT2D eigenvalue weighted by atomic mass is 9.88. The number of aromatic nitrogens is 1. The van der Waals surface area contributed by atoms with Crippen molar-refractivity contribution in [2.24, 2.45) is 0 Å². The standard InChI is InChI=1S/C14H21N3OS/c1-19-14(7-3-2-4-8-14)10-17-13(18)11-6-5-9-16-12(11)15/h5-6,9H,2-4,7-8,10H2,1H3,(H2,15,16)(H,17,18). The van der Waals surface area contributed by atoms with E-state index in [-0.39, 0.29) is 10.7 Å². The van der Waals surface area contributed by atoms with Crippen LogP contribution in [0.25, 0.3) is 0 Å². The van der Waals surface area contributed by atoms with Gasteiger partial charge in [-0.2, -0.15) is 11.8 Å². The molecule has 1 aliphatic carbocycles. The molecular weight excluding hydrogens is 258 g/mol. The molecule has 0 unspecified atom stereocenters. The van der Waals surface area contributed by atoms with Crippen molar-refractivity contribution in [3.8, 4) is 0 Å². The smallest absolute Gasteiger partial charge is 0.255 e. The summed E-state index contributed by atoms with van der Waals surface area (Å²) in [7, 11) is 0. The van der Waals surface area contributed by atoms with Gasteiger partial charge >= 0.3 is 0 Å². The van der Waals surface area contributed by atoms with Crippen LogP contribution in [0.3, 0.4) is 0 Å². The zero-order valence-corrected chi connectivity index (χ0v) is 12.1. The van der Waals surface area contributed by atoms with Gasteiger partial charge in [0.1, 0.15) is 5.82 Å². The second-order valence-corrected chi connectivity index (χ2v) is 6.34. The molecule has 0 aromatic carbocycles. The molecule has 1 fully saturated rings. The Kier molecular flexibility index (Phi) is 4.69. The van der Waals surface area contributed by atoms with Crippen LogP contribution in [0.5, 0.6) is 0 Å². The first-order valence-electron chi connectivity index (χ1n) is 6.71. The van der Waals surface area contributed by atoms with E-state index in [0.29, 0.717) is 17.9 Å². The number of nitrogens with one attached hydrogen (secondary N) is 1. The maximum Gasteiger partial charge on any atom is 0.255 e. The molecule has 0 atom stereocenters. The van der Waals surface area contributed by atoms with Gasteiger partial charge < -0.3 is 11.1 Å². The van der Waals surface area contributed by atoms with Crippen LogP contribution in [0.1, 0.15) is 42.5 Å². The molecule has 0 saturated heterocycles. The number of carbonyl (C=O) groups excluding carboxylic acids is 1. The van der Waals surface area contributed by atoms with Gasteiger partial charge in [-0.25, -0.2) is 4.98 Å². The first kappa shape index (κ1) is 14.2. The van der Waals surface area contributed by atoms with Crippen molar-refractivity contribution < 1.29 is 4.79 Å². The molecule has 3 N–H and O–H groups in total. The van der Waals surface area contributed by atoms with Crippen molar-refractivity contribution >= 4 is 23.5 Å². The number of nitrogens with zero attached hydrogens (tertiary/aromatic N) is 1. The number of hydrogen-bond donors (Lipinski definition) is 2. The Hall–Kier alpha value is -1.23. The molecule has 0 radical (unpaired) electrons. The molecule has 5 heteroatoms. The Morgan fingerprint density at radius 3 is 2.84 bits per heavy atom. The van der Waals surface area contributed by atoms with E-state index in [1.807, 2.05) is 11.8 Å². The van der Waals surface area contributed by atoms with Crippen molar-refractivity contribution in [3.63, 3.8) is 0 Å². The van der Waals surface area contributed by atoms with Crippen molar-refractivity contribution in [2.75, 3.05) is 18.5 Å². The third-order valence-corrected chi connectivity index (χ3v) is 5.27. The highest BCUT2D eigenvalue weighted by molar-refractivity contribution is 8.00. The number of nitrogens with two attached hydrogens (primary N) is 1. The largest absolute Gasteiger partial charge is 0.383 e. The van der Waals surface area contributed by atoms with Crippen molar-refractivity contribution in [2.45, 2.75) is 36.9 Å². The Morgan fingerprint density at radius 2 is 2.21 bits per heavy atom. The van der Waals surface area contributed by atoms with E-state index in [4.69, 9.17) is 5.73 Å². The number of amides is 1. The molecule has 1 heterocycles. The maximum atomic E-state index is 12.1. The van der Waals surface area contributed by atoms with Crippen LogP contribution in [-0.4, -0.2) is 28.4 Å². The minimum atomic E-state index is -0.121. The molecule has 2 rings (SSSR count). The van der Waals surface area contributed by atoms with E-state index in [0.717, 1.165) is 0 Å². The number of rotatable bonds is 4. The van der Waals surface area contributed by atoms with E-state index >= 15 is 0 Å². The van der Waals surface area contributed by atoms with Gasteiger partial charge in [0, 0.05) is 17.5 Å². The summed E-state index contributed by atoms with van der Waals surface area (Å²) < 4.78 is 0.199. The molecule has 4 nitrogen and oxygen atoms in total. The second-order valence-electron chi connectivity index (χ2n) is 5.07. The molecule has 0 bridgehead atoms. The lowest BCUT2D eigenvalue weighted by Gasteiger charge is -2.35. The first-order chi connectivity index (χ1) is 9.17. The second kappa shape index (κ2) is 6.28. The fourth-order valence-electron chi connectivity index (χ4n) is 2.60. The van der Waals surface area contributed by atoms with E-state index in [1.165, 1.54) is 32.1 Å². The highest BCUT2D eigenvalue weighted by atomic mass is 32.2. The number of pyridine rings is 1. The van der Waals surface area contributed by atoms with E-state index < -0.39 is 0 Å². The monoisotopic (exact) mass is 279 g/mol. The predicted molar refractivity (Wildman–Crippen MR) is 80.3 cm³/mol. The highest BCUT2D eigenvalue weighted by Gasteiger charge is 2.31. The van der Waals surface area contributed by atoms with Gasteiger partial charge in [0.15, 0.2) is 0 Å². The van der Waals surface area contributed by atoms with Crippen LogP contribution >= 0.6 is 11.8 Å². The first-order valence-corrected chi connectivity index (χ1v) is 7.93. The van der Waals surface area contributed by atoms with Crippen LogP contribution < -0.4 is 11.1 Å². The molecule has 0 aliphatic heterocycles. The van der Waals surface area contributed by atoms with Crippen molar-refractivity contribution in [1.82, 2.24) is 10.3 Å². The Morgan fingerprint density at radius 1 is 1.47 bits per heavy atom. The molecular formula is C14H21N3OS. The summed E-state index contributed by atoms with van der Waals surface area (Å²) >= 11 is 1.87. The Bertz CT molecular complexity index is 444. The number of hydrogen-bond acceptors (Lipinski definition) is 4. The molecule has 1 aromatic heterocycles. The van der Waals surface area contributed by atoms with Crippen LogP contribution in [0, 0.1) is 0 Å². The van der Waals surface area contributed by atoms with Crippen LogP contribution in [0.15, 0.2) is 18.3 Å². The van der Waals surface area contributed by atoms with E-state index in [1.54, 1.807) is 18.3 Å². The normalized spacial score (nSPS) is 17.9. The fourth-order valence-corrected chi connectivity index (χ4v) is 3.51. The molecule has 104 valence electrons. The topological polar surface area (TPSA) is 68.0 Å². The molecule has 1 aliphatic rings. The van der Waals surface area contributed by atoms with Gasteiger partial charge in [0.2, 0.25) is 0 Å². The van der Waals surface area contributed by atoms with Gasteiger partial charge in [0.05, 0.1) is 5.56 Å². The summed E-state index contributed by atoms with van der Waals surface area (Å²) in [5.74, 6) is 0.173. The number of thioether (sulfide) groups is 1.